The average Bonchev–Trinajstić information content (AvgIpc) is 3.39. The maximum atomic E-state index is 12.2. The number of ether oxygens (including phenoxy) is 1. The minimum atomic E-state index is -0.430. The van der Waals surface area contributed by atoms with Gasteiger partial charge < -0.3 is 24.5 Å². The number of furan rings is 1. The van der Waals surface area contributed by atoms with E-state index in [1.54, 1.807) is 18.3 Å². The number of benzene rings is 1. The molecule has 3 heterocycles. The lowest BCUT2D eigenvalue weighted by atomic mass is 10.0. The van der Waals surface area contributed by atoms with Crippen LogP contribution in [0.25, 0.3) is 11.3 Å². The molecule has 30 heavy (non-hydrogen) atoms. The molecule has 1 aliphatic heterocycles. The number of hydrogen-bond donors (Lipinski definition) is 2. The van der Waals surface area contributed by atoms with Gasteiger partial charge >= 0.3 is 5.97 Å². The fourth-order valence-corrected chi connectivity index (χ4v) is 4.04. The van der Waals surface area contributed by atoms with Crippen molar-refractivity contribution < 1.29 is 19.1 Å². The number of nitrogens with zero attached hydrogens (tertiary/aromatic N) is 2. The number of aromatic nitrogens is 1. The maximum absolute atomic E-state index is 12.2. The Morgan fingerprint density at radius 3 is 2.77 bits per heavy atom. The number of rotatable bonds is 6. The van der Waals surface area contributed by atoms with Gasteiger partial charge in [-0.25, -0.2) is 4.79 Å². The summed E-state index contributed by atoms with van der Waals surface area (Å²) in [5.74, 6) is 0.772. The number of hydrogen-bond acceptors (Lipinski definition) is 6. The van der Waals surface area contributed by atoms with E-state index in [4.69, 9.17) is 21.4 Å². The molecule has 4 rings (SSSR count). The Bertz CT molecular complexity index is 1050. The van der Waals surface area contributed by atoms with E-state index in [2.05, 4.69) is 10.3 Å². The predicted molar refractivity (Wildman–Crippen MR) is 115 cm³/mol. The summed E-state index contributed by atoms with van der Waals surface area (Å²) < 4.78 is 11.1. The normalized spacial score (nSPS) is 18.3. The molecule has 1 saturated heterocycles. The number of nitrogens with one attached hydrogen (secondary N) is 1. The Balaban J connectivity index is 1.74. The Morgan fingerprint density at radius 2 is 2.03 bits per heavy atom. The fourth-order valence-electron chi connectivity index (χ4n) is 3.71. The second-order valence-electron chi connectivity index (χ2n) is 6.78. The summed E-state index contributed by atoms with van der Waals surface area (Å²) in [5, 5.41) is 13.4. The molecule has 7 nitrogen and oxygen atoms in total. The highest BCUT2D eigenvalue weighted by molar-refractivity contribution is 7.80. The van der Waals surface area contributed by atoms with Gasteiger partial charge in [-0.2, -0.15) is 0 Å². The van der Waals surface area contributed by atoms with E-state index in [1.807, 2.05) is 47.4 Å². The summed E-state index contributed by atoms with van der Waals surface area (Å²) in [6.45, 7) is 0.306. The van der Waals surface area contributed by atoms with Crippen LogP contribution in [0.2, 0.25) is 0 Å². The number of methoxy groups -OCH3 is 1. The quantitative estimate of drug-likeness (QED) is 0.462. The van der Waals surface area contributed by atoms with E-state index in [1.165, 1.54) is 7.11 Å². The molecule has 0 saturated carbocycles. The van der Waals surface area contributed by atoms with Crippen LogP contribution < -0.4 is 5.32 Å². The molecule has 0 aliphatic carbocycles. The van der Waals surface area contributed by atoms with Crippen LogP contribution in [0.3, 0.4) is 0 Å². The first-order valence-corrected chi connectivity index (χ1v) is 9.91. The van der Waals surface area contributed by atoms with Gasteiger partial charge in [0.15, 0.2) is 5.11 Å². The van der Waals surface area contributed by atoms with E-state index < -0.39 is 5.97 Å². The second kappa shape index (κ2) is 8.64. The summed E-state index contributed by atoms with van der Waals surface area (Å²) in [6, 6.07) is 16.0. The van der Waals surface area contributed by atoms with Gasteiger partial charge in [-0.3, -0.25) is 4.98 Å². The molecule has 2 N–H and O–H groups in total. The van der Waals surface area contributed by atoms with Crippen molar-refractivity contribution in [3.63, 3.8) is 0 Å². The molecule has 2 aromatic heterocycles. The summed E-state index contributed by atoms with van der Waals surface area (Å²) >= 11 is 5.50. The fraction of sp³-hybridized carbons (Fsp3) is 0.227. The molecular weight excluding hydrogens is 402 g/mol. The molecule has 154 valence electrons. The number of aliphatic hydroxyl groups is 1. The first-order chi connectivity index (χ1) is 14.6. The number of pyridine rings is 1. The lowest BCUT2D eigenvalue weighted by molar-refractivity contribution is 0.0601. The van der Waals surface area contributed by atoms with Gasteiger partial charge in [0.05, 0.1) is 31.0 Å². The van der Waals surface area contributed by atoms with Gasteiger partial charge in [0.25, 0.3) is 0 Å². The summed E-state index contributed by atoms with van der Waals surface area (Å²) in [6.07, 6.45) is 1.73. The van der Waals surface area contributed by atoms with Crippen LogP contribution in [0.1, 0.15) is 33.9 Å². The molecule has 2 atom stereocenters. The van der Waals surface area contributed by atoms with Crippen LogP contribution in [0.5, 0.6) is 0 Å². The molecule has 8 heteroatoms. The number of carbonyl (C=O) groups excluding carboxylic acids is 1. The van der Waals surface area contributed by atoms with Crippen molar-refractivity contribution >= 4 is 23.3 Å². The number of β-amino-alcohol motifs (C(OH)–C–C–N with tert-alkyl or cyclic N) is 1. The molecule has 0 radical (unpaired) electrons. The first-order valence-electron chi connectivity index (χ1n) is 9.50. The zero-order valence-corrected chi connectivity index (χ0v) is 17.1. The number of thiocarbonyl (C=S) groups is 1. The van der Waals surface area contributed by atoms with Crippen LogP contribution in [0.15, 0.2) is 65.2 Å². The molecular formula is C22H21N3O4S. The predicted octanol–water partition coefficient (Wildman–Crippen LogP) is 3.09. The van der Waals surface area contributed by atoms with E-state index in [0.29, 0.717) is 34.3 Å². The smallest absolute Gasteiger partial charge is 0.338 e. The number of aliphatic hydroxyl groups excluding tert-OH is 1. The molecule has 0 amide bonds. The molecule has 1 aliphatic rings. The van der Waals surface area contributed by atoms with Crippen LogP contribution in [0, 0.1) is 0 Å². The van der Waals surface area contributed by atoms with Gasteiger partial charge in [0.1, 0.15) is 17.6 Å². The van der Waals surface area contributed by atoms with E-state index in [-0.39, 0.29) is 18.7 Å². The van der Waals surface area contributed by atoms with Gasteiger partial charge in [0, 0.05) is 18.3 Å². The zero-order valence-electron chi connectivity index (χ0n) is 16.3. The molecule has 1 fully saturated rings. The Labute approximate surface area is 179 Å². The lowest BCUT2D eigenvalue weighted by Gasteiger charge is -2.25. The lowest BCUT2D eigenvalue weighted by Crippen LogP contribution is -2.32. The van der Waals surface area contributed by atoms with Crippen LogP contribution in [-0.2, 0) is 4.74 Å². The van der Waals surface area contributed by atoms with E-state index in [9.17, 15) is 9.90 Å². The summed E-state index contributed by atoms with van der Waals surface area (Å²) in [4.78, 5) is 18.5. The SMILES string of the molecule is COC(=O)c1ccccc1-c1ccc([C@@H]2[C@@H](c3ccccn3)NC(=S)N2CCO)o1. The molecule has 0 spiro atoms. The van der Waals surface area contributed by atoms with Crippen molar-refractivity contribution in [3.8, 4) is 11.3 Å². The maximum Gasteiger partial charge on any atom is 0.338 e. The van der Waals surface area contributed by atoms with Crippen molar-refractivity contribution in [3.05, 3.63) is 77.8 Å². The first kappa shape index (κ1) is 20.1. The molecule has 3 aromatic rings. The highest BCUT2D eigenvalue weighted by Gasteiger charge is 2.41. The third-order valence-electron chi connectivity index (χ3n) is 5.05. The Kier molecular flexibility index (Phi) is 5.78. The third-order valence-corrected chi connectivity index (χ3v) is 5.41. The van der Waals surface area contributed by atoms with Gasteiger partial charge in [-0.15, -0.1) is 0 Å². The largest absolute Gasteiger partial charge is 0.465 e. The molecule has 0 unspecified atom stereocenters. The minimum Gasteiger partial charge on any atom is -0.465 e. The van der Waals surface area contributed by atoms with E-state index in [0.717, 1.165) is 5.69 Å². The minimum absolute atomic E-state index is 0.0496. The van der Waals surface area contributed by atoms with Crippen molar-refractivity contribution in [1.82, 2.24) is 15.2 Å². The van der Waals surface area contributed by atoms with E-state index >= 15 is 0 Å². The van der Waals surface area contributed by atoms with Crippen molar-refractivity contribution in [2.24, 2.45) is 0 Å². The van der Waals surface area contributed by atoms with Gasteiger partial charge in [-0.1, -0.05) is 24.3 Å². The second-order valence-corrected chi connectivity index (χ2v) is 7.17. The van der Waals surface area contributed by atoms with Gasteiger partial charge in [0.2, 0.25) is 0 Å². The summed E-state index contributed by atoms with van der Waals surface area (Å²) in [7, 11) is 1.35. The molecule has 0 bridgehead atoms. The standard InChI is InChI=1S/C22H21N3O4S/c1-28-21(27)15-7-3-2-6-14(15)17-9-10-18(29-17)20-19(16-8-4-5-11-23-16)24-22(30)25(20)12-13-26/h2-11,19-20,26H,12-13H2,1H3,(H,24,30)/t19-,20-/m1/s1. The highest BCUT2D eigenvalue weighted by atomic mass is 32.1. The average molecular weight is 423 g/mol. The van der Waals surface area contributed by atoms with Crippen molar-refractivity contribution in [2.45, 2.75) is 12.1 Å². The van der Waals surface area contributed by atoms with Crippen molar-refractivity contribution in [2.75, 3.05) is 20.3 Å². The summed E-state index contributed by atoms with van der Waals surface area (Å²) in [5.41, 5.74) is 1.89. The third kappa shape index (κ3) is 3.67. The zero-order chi connectivity index (χ0) is 21.1. The van der Waals surface area contributed by atoms with Gasteiger partial charge in [-0.05, 0) is 42.5 Å². The molecule has 1 aromatic carbocycles. The Hall–Kier alpha value is -3.23. The van der Waals surface area contributed by atoms with Crippen LogP contribution in [-0.4, -0.2) is 46.3 Å². The monoisotopic (exact) mass is 423 g/mol. The van der Waals surface area contributed by atoms with Crippen LogP contribution >= 0.6 is 12.2 Å². The topological polar surface area (TPSA) is 87.8 Å². The van der Waals surface area contributed by atoms with Crippen LogP contribution in [0.4, 0.5) is 0 Å². The number of esters is 1. The number of carbonyl (C=O) groups is 1. The van der Waals surface area contributed by atoms with Crippen molar-refractivity contribution in [1.29, 1.82) is 0 Å². The highest BCUT2D eigenvalue weighted by Crippen LogP contribution is 2.40. The Morgan fingerprint density at radius 1 is 1.23 bits per heavy atom.